The van der Waals surface area contributed by atoms with Crippen molar-refractivity contribution in [3.8, 4) is 5.75 Å². The lowest BCUT2D eigenvalue weighted by molar-refractivity contribution is -0.384. The first-order chi connectivity index (χ1) is 12.7. The number of rotatable bonds is 3. The number of fused-ring (bicyclic) bond motifs is 1. The number of nitrogens with zero attached hydrogens (tertiary/aromatic N) is 2. The fraction of sp³-hybridized carbons (Fsp3) is 0.0556. The summed E-state index contributed by atoms with van der Waals surface area (Å²) < 4.78 is 38.9. The summed E-state index contributed by atoms with van der Waals surface area (Å²) in [5.74, 6) is -0.145. The number of alkyl halides is 3. The van der Waals surface area contributed by atoms with Gasteiger partial charge < -0.3 is 5.11 Å². The number of halogens is 4. The lowest BCUT2D eigenvalue weighted by Crippen LogP contribution is -2.05. The van der Waals surface area contributed by atoms with Gasteiger partial charge in [0.2, 0.25) is 0 Å². The number of hydrogen-bond acceptors (Lipinski definition) is 4. The minimum atomic E-state index is -4.54. The van der Waals surface area contributed by atoms with E-state index in [1.165, 1.54) is 48.7 Å². The highest BCUT2D eigenvalue weighted by Gasteiger charge is 2.33. The summed E-state index contributed by atoms with van der Waals surface area (Å²) in [6.07, 6.45) is -3.31. The van der Waals surface area contributed by atoms with Crippen LogP contribution in [0.25, 0.3) is 10.8 Å². The first-order valence-corrected chi connectivity index (χ1v) is 8.27. The maximum atomic E-state index is 13.0. The fourth-order valence-corrected chi connectivity index (χ4v) is 3.00. The average molecular weight is 439 g/mol. The van der Waals surface area contributed by atoms with Crippen LogP contribution < -0.4 is 0 Å². The number of non-ortho nitro benzene ring substituents is 1. The quantitative estimate of drug-likeness (QED) is 0.310. The van der Waals surface area contributed by atoms with Crippen molar-refractivity contribution in [2.45, 2.75) is 6.18 Å². The largest absolute Gasteiger partial charge is 0.507 e. The van der Waals surface area contributed by atoms with Crippen molar-refractivity contribution >= 4 is 44.3 Å². The number of nitro benzene ring substituents is 1. The number of phenols is 1. The van der Waals surface area contributed by atoms with Gasteiger partial charge in [-0.2, -0.15) is 13.2 Å². The summed E-state index contributed by atoms with van der Waals surface area (Å²) in [6.45, 7) is 0. The van der Waals surface area contributed by atoms with Crippen molar-refractivity contribution in [2.75, 3.05) is 0 Å². The van der Waals surface area contributed by atoms with Gasteiger partial charge in [0, 0.05) is 28.4 Å². The van der Waals surface area contributed by atoms with Crippen LogP contribution in [0.1, 0.15) is 11.1 Å². The van der Waals surface area contributed by atoms with E-state index in [0.717, 1.165) is 6.07 Å². The summed E-state index contributed by atoms with van der Waals surface area (Å²) >= 11 is 2.86. The lowest BCUT2D eigenvalue weighted by Gasteiger charge is -2.09. The third-order valence-corrected chi connectivity index (χ3v) is 4.52. The Hall–Kier alpha value is -2.94. The Kier molecular flexibility index (Phi) is 4.88. The number of hydrogen-bond donors (Lipinski definition) is 1. The zero-order valence-corrected chi connectivity index (χ0v) is 15.0. The standard InChI is InChI=1S/C18H10BrF3N2O3/c19-16-5-2-11(8-15(16)18(20,21)22)23-9-14-13-4-3-12(24(26)27)7-10(13)1-6-17(14)25/h1-9,25H. The Morgan fingerprint density at radius 1 is 1.11 bits per heavy atom. The smallest absolute Gasteiger partial charge is 0.417 e. The Labute approximate surface area is 159 Å². The second-order valence-electron chi connectivity index (χ2n) is 5.58. The molecule has 5 nitrogen and oxygen atoms in total. The first kappa shape index (κ1) is 18.8. The van der Waals surface area contributed by atoms with E-state index in [-0.39, 0.29) is 27.2 Å². The zero-order valence-electron chi connectivity index (χ0n) is 13.4. The van der Waals surface area contributed by atoms with E-state index in [2.05, 4.69) is 20.9 Å². The minimum Gasteiger partial charge on any atom is -0.507 e. The van der Waals surface area contributed by atoms with E-state index in [0.29, 0.717) is 10.8 Å². The van der Waals surface area contributed by atoms with Crippen LogP contribution in [-0.4, -0.2) is 16.2 Å². The molecule has 0 aliphatic heterocycles. The molecule has 3 aromatic rings. The molecule has 0 saturated heterocycles. The van der Waals surface area contributed by atoms with Crippen LogP contribution in [0.2, 0.25) is 0 Å². The van der Waals surface area contributed by atoms with Gasteiger partial charge in [-0.05, 0) is 41.1 Å². The van der Waals surface area contributed by atoms with E-state index in [4.69, 9.17) is 0 Å². The van der Waals surface area contributed by atoms with Crippen LogP contribution in [0.15, 0.2) is 58.0 Å². The maximum absolute atomic E-state index is 13.0. The normalized spacial score (nSPS) is 12.0. The number of nitro groups is 1. The molecular weight excluding hydrogens is 429 g/mol. The van der Waals surface area contributed by atoms with Gasteiger partial charge in [-0.1, -0.05) is 22.0 Å². The van der Waals surface area contributed by atoms with Gasteiger partial charge >= 0.3 is 6.18 Å². The van der Waals surface area contributed by atoms with Gasteiger partial charge in [-0.15, -0.1) is 0 Å². The molecule has 0 fully saturated rings. The molecule has 0 atom stereocenters. The second kappa shape index (κ2) is 6.99. The van der Waals surface area contributed by atoms with E-state index >= 15 is 0 Å². The molecule has 1 N–H and O–H groups in total. The van der Waals surface area contributed by atoms with Crippen LogP contribution >= 0.6 is 15.9 Å². The van der Waals surface area contributed by atoms with Gasteiger partial charge in [0.05, 0.1) is 16.2 Å². The van der Waals surface area contributed by atoms with Crippen LogP contribution in [0.4, 0.5) is 24.5 Å². The van der Waals surface area contributed by atoms with Gasteiger partial charge in [0.25, 0.3) is 5.69 Å². The Bertz CT molecular complexity index is 1080. The first-order valence-electron chi connectivity index (χ1n) is 7.48. The van der Waals surface area contributed by atoms with E-state index in [1.54, 1.807) is 0 Å². The molecule has 0 saturated carbocycles. The molecule has 0 aromatic heterocycles. The second-order valence-corrected chi connectivity index (χ2v) is 6.44. The average Bonchev–Trinajstić information content (AvgIpc) is 2.60. The molecule has 9 heteroatoms. The van der Waals surface area contributed by atoms with Crippen LogP contribution in [0.3, 0.4) is 0 Å². The highest BCUT2D eigenvalue weighted by Crippen LogP contribution is 2.37. The minimum absolute atomic E-state index is 0.0452. The third kappa shape index (κ3) is 3.92. The molecule has 0 spiro atoms. The number of benzene rings is 3. The number of aromatic hydroxyl groups is 1. The maximum Gasteiger partial charge on any atom is 0.417 e. The molecule has 0 unspecified atom stereocenters. The van der Waals surface area contributed by atoms with Crippen molar-refractivity contribution in [2.24, 2.45) is 4.99 Å². The molecule has 0 radical (unpaired) electrons. The van der Waals surface area contributed by atoms with Gasteiger partial charge in [-0.3, -0.25) is 15.1 Å². The molecule has 0 amide bonds. The van der Waals surface area contributed by atoms with Crippen molar-refractivity contribution in [1.29, 1.82) is 0 Å². The van der Waals surface area contributed by atoms with Crippen molar-refractivity contribution in [1.82, 2.24) is 0 Å². The van der Waals surface area contributed by atoms with Crippen molar-refractivity contribution in [3.63, 3.8) is 0 Å². The van der Waals surface area contributed by atoms with Gasteiger partial charge in [-0.25, -0.2) is 0 Å². The number of aliphatic imine (C=N–C) groups is 1. The molecule has 0 bridgehead atoms. The van der Waals surface area contributed by atoms with Crippen LogP contribution in [-0.2, 0) is 6.18 Å². The summed E-state index contributed by atoms with van der Waals surface area (Å²) in [6, 6.07) is 10.4. The fourth-order valence-electron chi connectivity index (χ4n) is 2.53. The molecule has 0 aliphatic carbocycles. The van der Waals surface area contributed by atoms with Crippen LogP contribution in [0, 0.1) is 10.1 Å². The molecule has 3 aromatic carbocycles. The summed E-state index contributed by atoms with van der Waals surface area (Å²) in [5.41, 5.74) is -0.684. The monoisotopic (exact) mass is 438 g/mol. The number of phenolic OH excluding ortho intramolecular Hbond substituents is 1. The lowest BCUT2D eigenvalue weighted by atomic mass is 10.0. The van der Waals surface area contributed by atoms with Crippen molar-refractivity contribution < 1.29 is 23.2 Å². The molecular formula is C18H10BrF3N2O3. The van der Waals surface area contributed by atoms with Crippen molar-refractivity contribution in [3.05, 3.63) is 74.2 Å². The Balaban J connectivity index is 2.06. The summed E-state index contributed by atoms with van der Waals surface area (Å²) in [5, 5.41) is 21.9. The molecule has 138 valence electrons. The van der Waals surface area contributed by atoms with Crippen LogP contribution in [0.5, 0.6) is 5.75 Å². The topological polar surface area (TPSA) is 75.7 Å². The Morgan fingerprint density at radius 2 is 1.85 bits per heavy atom. The highest BCUT2D eigenvalue weighted by atomic mass is 79.9. The molecule has 0 aliphatic rings. The van der Waals surface area contributed by atoms with Gasteiger partial charge in [0.1, 0.15) is 5.75 Å². The zero-order chi connectivity index (χ0) is 19.8. The van der Waals surface area contributed by atoms with E-state index in [9.17, 15) is 28.4 Å². The predicted molar refractivity (Wildman–Crippen MR) is 98.7 cm³/mol. The summed E-state index contributed by atoms with van der Waals surface area (Å²) in [7, 11) is 0. The third-order valence-electron chi connectivity index (χ3n) is 3.83. The van der Waals surface area contributed by atoms with Gasteiger partial charge in [0.15, 0.2) is 0 Å². The molecule has 27 heavy (non-hydrogen) atoms. The predicted octanol–water partition coefficient (Wildman–Crippen LogP) is 5.99. The SMILES string of the molecule is O=[N+]([O-])c1ccc2c(C=Nc3ccc(Br)c(C(F)(F)F)c3)c(O)ccc2c1. The molecule has 3 rings (SSSR count). The van der Waals surface area contributed by atoms with E-state index in [1.807, 2.05) is 0 Å². The summed E-state index contributed by atoms with van der Waals surface area (Å²) in [4.78, 5) is 14.4. The highest BCUT2D eigenvalue weighted by molar-refractivity contribution is 9.10. The molecule has 0 heterocycles. The van der Waals surface area contributed by atoms with E-state index < -0.39 is 16.7 Å². The Morgan fingerprint density at radius 3 is 2.52 bits per heavy atom.